The Labute approximate surface area is 160 Å². The normalized spacial score (nSPS) is 14.1. The Morgan fingerprint density at radius 3 is 2.63 bits per heavy atom. The Hall–Kier alpha value is -2.74. The van der Waals surface area contributed by atoms with Crippen molar-refractivity contribution in [2.75, 3.05) is 18.1 Å². The molecule has 0 bridgehead atoms. The van der Waals surface area contributed by atoms with Gasteiger partial charge in [-0.1, -0.05) is 0 Å². The van der Waals surface area contributed by atoms with Crippen LogP contribution >= 0.6 is 11.3 Å². The van der Waals surface area contributed by atoms with Gasteiger partial charge in [0.05, 0.1) is 17.9 Å². The van der Waals surface area contributed by atoms with Crippen molar-refractivity contribution in [1.29, 1.82) is 0 Å². The van der Waals surface area contributed by atoms with Crippen LogP contribution in [0, 0.1) is 0 Å². The van der Waals surface area contributed by atoms with E-state index in [9.17, 15) is 14.4 Å². The lowest BCUT2D eigenvalue weighted by Gasteiger charge is -2.26. The molecule has 2 heterocycles. The van der Waals surface area contributed by atoms with E-state index >= 15 is 0 Å². The van der Waals surface area contributed by atoms with Crippen molar-refractivity contribution >= 4 is 34.9 Å². The number of amides is 1. The van der Waals surface area contributed by atoms with Crippen molar-refractivity contribution in [3.63, 3.8) is 0 Å². The first kappa shape index (κ1) is 19.0. The molecule has 1 aromatic carbocycles. The van der Waals surface area contributed by atoms with E-state index in [2.05, 4.69) is 4.98 Å². The molecule has 0 spiro atoms. The van der Waals surface area contributed by atoms with Crippen molar-refractivity contribution in [3.05, 3.63) is 45.9 Å². The lowest BCUT2D eigenvalue weighted by Crippen LogP contribution is -2.35. The molecule has 2 aromatic rings. The van der Waals surface area contributed by atoms with Gasteiger partial charge < -0.3 is 14.4 Å². The van der Waals surface area contributed by atoms with E-state index in [1.165, 1.54) is 0 Å². The number of rotatable bonds is 6. The summed E-state index contributed by atoms with van der Waals surface area (Å²) in [6, 6.07) is 6.79. The smallest absolute Gasteiger partial charge is 0.367 e. The van der Waals surface area contributed by atoms with Crippen LogP contribution in [0.15, 0.2) is 29.6 Å². The van der Waals surface area contributed by atoms with Crippen LogP contribution in [0.4, 0.5) is 5.69 Å². The zero-order valence-corrected chi connectivity index (χ0v) is 15.8. The first-order valence-corrected chi connectivity index (χ1v) is 9.65. The molecule has 142 valence electrons. The summed E-state index contributed by atoms with van der Waals surface area (Å²) in [5.74, 6) is -0.863. The molecule has 0 saturated carbocycles. The van der Waals surface area contributed by atoms with Crippen molar-refractivity contribution in [1.82, 2.24) is 4.98 Å². The first-order valence-electron chi connectivity index (χ1n) is 8.77. The Balaban J connectivity index is 1.57. The second-order valence-electron chi connectivity index (χ2n) is 5.99. The average molecular weight is 388 g/mol. The molecule has 0 atom stereocenters. The van der Waals surface area contributed by atoms with Gasteiger partial charge in [0, 0.05) is 24.0 Å². The van der Waals surface area contributed by atoms with Crippen LogP contribution in [0.3, 0.4) is 0 Å². The zero-order valence-electron chi connectivity index (χ0n) is 15.0. The number of hydrogen-bond acceptors (Lipinski definition) is 7. The number of thiazole rings is 1. The van der Waals surface area contributed by atoms with E-state index in [-0.39, 0.29) is 24.1 Å². The fraction of sp³-hybridized carbons (Fsp3) is 0.368. The summed E-state index contributed by atoms with van der Waals surface area (Å²) in [6.07, 6.45) is 2.47. The van der Waals surface area contributed by atoms with E-state index in [1.807, 2.05) is 0 Å². The third kappa shape index (κ3) is 4.71. The number of benzene rings is 1. The maximum atomic E-state index is 12.2. The van der Waals surface area contributed by atoms with Crippen molar-refractivity contribution in [2.24, 2.45) is 0 Å². The first-order chi connectivity index (χ1) is 13.1. The van der Waals surface area contributed by atoms with Gasteiger partial charge in [0.25, 0.3) is 0 Å². The minimum absolute atomic E-state index is 0.0267. The van der Waals surface area contributed by atoms with Crippen LogP contribution in [0.2, 0.25) is 0 Å². The minimum Gasteiger partial charge on any atom is -0.461 e. The van der Waals surface area contributed by atoms with E-state index in [1.54, 1.807) is 41.5 Å². The van der Waals surface area contributed by atoms with Gasteiger partial charge in [-0.15, -0.1) is 11.3 Å². The van der Waals surface area contributed by atoms with Crippen LogP contribution in [-0.2, 0) is 20.9 Å². The Kier molecular flexibility index (Phi) is 6.18. The number of carbonyl (C=O) groups excluding carboxylic acids is 3. The molecular weight excluding hydrogens is 368 g/mol. The third-order valence-electron chi connectivity index (χ3n) is 4.09. The van der Waals surface area contributed by atoms with Crippen LogP contribution in [0.25, 0.3) is 0 Å². The van der Waals surface area contributed by atoms with Gasteiger partial charge in [-0.2, -0.15) is 0 Å². The van der Waals surface area contributed by atoms with Gasteiger partial charge in [-0.3, -0.25) is 4.79 Å². The molecule has 1 aromatic heterocycles. The zero-order chi connectivity index (χ0) is 19.2. The third-order valence-corrected chi connectivity index (χ3v) is 4.96. The maximum Gasteiger partial charge on any atom is 0.367 e. The number of hydrogen-bond donors (Lipinski definition) is 0. The minimum atomic E-state index is -0.489. The fourth-order valence-corrected chi connectivity index (χ4v) is 3.43. The lowest BCUT2D eigenvalue weighted by atomic mass is 10.1. The highest BCUT2D eigenvalue weighted by molar-refractivity contribution is 7.11. The van der Waals surface area contributed by atoms with E-state index in [0.29, 0.717) is 24.2 Å². The SMILES string of the molecule is CCOC(=O)c1nc(COC(=O)c2ccc(N3CCCCC3=O)cc2)cs1. The number of anilines is 1. The molecule has 0 N–H and O–H groups in total. The average Bonchev–Trinajstić information content (AvgIpc) is 3.16. The van der Waals surface area contributed by atoms with Gasteiger partial charge in [-0.05, 0) is 44.0 Å². The molecule has 27 heavy (non-hydrogen) atoms. The topological polar surface area (TPSA) is 85.8 Å². The molecule has 3 rings (SSSR count). The van der Waals surface area contributed by atoms with Gasteiger partial charge in [0.1, 0.15) is 6.61 Å². The second kappa shape index (κ2) is 8.77. The summed E-state index contributed by atoms with van der Waals surface area (Å²) in [7, 11) is 0. The lowest BCUT2D eigenvalue weighted by molar-refractivity contribution is -0.119. The van der Waals surface area contributed by atoms with E-state index in [4.69, 9.17) is 9.47 Å². The van der Waals surface area contributed by atoms with Crippen LogP contribution in [0.5, 0.6) is 0 Å². The Morgan fingerprint density at radius 1 is 1.15 bits per heavy atom. The van der Waals surface area contributed by atoms with Crippen LogP contribution in [-0.4, -0.2) is 36.0 Å². The standard InChI is InChI=1S/C19H20N2O5S/c1-2-25-19(24)17-20-14(12-27-17)11-26-18(23)13-6-8-15(9-7-13)21-10-4-3-5-16(21)22/h6-9,12H,2-5,10-11H2,1H3. The molecule has 1 amide bonds. The number of nitrogens with zero attached hydrogens (tertiary/aromatic N) is 2. The summed E-state index contributed by atoms with van der Waals surface area (Å²) < 4.78 is 10.1. The highest BCUT2D eigenvalue weighted by atomic mass is 32.1. The maximum absolute atomic E-state index is 12.2. The molecule has 7 nitrogen and oxygen atoms in total. The number of ether oxygens (including phenoxy) is 2. The van der Waals surface area contributed by atoms with Gasteiger partial charge >= 0.3 is 11.9 Å². The molecule has 0 unspecified atom stereocenters. The number of carbonyl (C=O) groups is 3. The monoisotopic (exact) mass is 388 g/mol. The predicted octanol–water partition coefficient (Wildman–Crippen LogP) is 3.19. The highest BCUT2D eigenvalue weighted by Gasteiger charge is 2.20. The number of esters is 2. The molecule has 0 radical (unpaired) electrons. The van der Waals surface area contributed by atoms with Gasteiger partial charge in [0.15, 0.2) is 0 Å². The molecule has 1 aliphatic heterocycles. The number of aromatic nitrogens is 1. The quantitative estimate of drug-likeness (QED) is 0.707. The number of piperidine rings is 1. The molecule has 1 aliphatic rings. The van der Waals surface area contributed by atoms with Gasteiger partial charge in [0.2, 0.25) is 10.9 Å². The Bertz CT molecular complexity index is 831. The van der Waals surface area contributed by atoms with Crippen molar-refractivity contribution in [2.45, 2.75) is 32.8 Å². The fourth-order valence-electron chi connectivity index (χ4n) is 2.74. The van der Waals surface area contributed by atoms with Crippen LogP contribution in [0.1, 0.15) is 52.0 Å². The highest BCUT2D eigenvalue weighted by Crippen LogP contribution is 2.21. The van der Waals surface area contributed by atoms with Crippen molar-refractivity contribution < 1.29 is 23.9 Å². The summed E-state index contributed by atoms with van der Waals surface area (Å²) in [5, 5.41) is 1.89. The summed E-state index contributed by atoms with van der Waals surface area (Å²) in [6.45, 7) is 2.68. The molecular formula is C19H20N2O5S. The molecule has 0 aliphatic carbocycles. The summed E-state index contributed by atoms with van der Waals surface area (Å²) in [4.78, 5) is 41.6. The van der Waals surface area contributed by atoms with Crippen LogP contribution < -0.4 is 4.90 Å². The summed E-state index contributed by atoms with van der Waals surface area (Å²) in [5.41, 5.74) is 1.67. The largest absolute Gasteiger partial charge is 0.461 e. The van der Waals surface area contributed by atoms with Gasteiger partial charge in [-0.25, -0.2) is 14.6 Å². The van der Waals surface area contributed by atoms with E-state index in [0.717, 1.165) is 29.9 Å². The predicted molar refractivity (Wildman–Crippen MR) is 99.8 cm³/mol. The summed E-state index contributed by atoms with van der Waals surface area (Å²) >= 11 is 1.15. The molecule has 1 fully saturated rings. The molecule has 1 saturated heterocycles. The van der Waals surface area contributed by atoms with E-state index < -0.39 is 11.9 Å². The molecule has 8 heteroatoms. The Morgan fingerprint density at radius 2 is 1.93 bits per heavy atom. The van der Waals surface area contributed by atoms with Crippen molar-refractivity contribution in [3.8, 4) is 0 Å². The second-order valence-corrected chi connectivity index (χ2v) is 6.85.